The van der Waals surface area contributed by atoms with Gasteiger partial charge < -0.3 is 36.6 Å². The second kappa shape index (κ2) is 19.6. The Morgan fingerprint density at radius 1 is 0.295 bits per heavy atom. The molecule has 13 nitrogen and oxygen atoms in total. The van der Waals surface area contributed by atoms with Gasteiger partial charge in [0.1, 0.15) is 5.75 Å². The number of nitrogens with one attached hydrogen (secondary N) is 6. The molecular formula is C48H48N12O. The molecule has 0 atom stereocenters. The van der Waals surface area contributed by atoms with Gasteiger partial charge in [-0.15, -0.1) is 0 Å². The fourth-order valence-electron chi connectivity index (χ4n) is 6.06. The first-order valence-electron chi connectivity index (χ1n) is 19.7. The van der Waals surface area contributed by atoms with Crippen molar-refractivity contribution in [1.29, 1.82) is 0 Å². The maximum absolute atomic E-state index is 5.22. The molecule has 6 N–H and O–H groups in total. The normalized spacial score (nSPS) is 10.5. The summed E-state index contributed by atoms with van der Waals surface area (Å²) in [5.74, 6) is 3.45. The van der Waals surface area contributed by atoms with Crippen LogP contribution >= 0.6 is 0 Å². The monoisotopic (exact) mass is 808 g/mol. The standard InChI is InChI=1S/C24H24N6O.C24H24N6/c1-16-6-4-8-19(14-16)26-23-28-22(25-18-10-12-21(31-3)13-11-18)29-24(30-23)27-20-9-5-7-17(2)15-20;1-16-10-12-19(13-11-16)25-22-28-23(26-20-8-4-6-17(2)14-20)30-24(29-22)27-21-9-5-7-18(3)15-21/h4-15H,1-3H3,(H3,25,26,27,28,29,30);4-15H,1-3H3,(H3,25,26,27,28,29,30). The van der Waals surface area contributed by atoms with E-state index in [-0.39, 0.29) is 0 Å². The molecule has 306 valence electrons. The van der Waals surface area contributed by atoms with Gasteiger partial charge in [-0.25, -0.2) is 0 Å². The second-order valence-corrected chi connectivity index (χ2v) is 14.4. The van der Waals surface area contributed by atoms with Gasteiger partial charge in [-0.05, 0) is 142 Å². The summed E-state index contributed by atoms with van der Waals surface area (Å²) in [4.78, 5) is 27.3. The van der Waals surface area contributed by atoms with Crippen LogP contribution in [0.4, 0.5) is 69.8 Å². The second-order valence-electron chi connectivity index (χ2n) is 14.4. The molecule has 0 aliphatic carbocycles. The highest BCUT2D eigenvalue weighted by Gasteiger charge is 2.11. The van der Waals surface area contributed by atoms with Crippen LogP contribution in [0.2, 0.25) is 0 Å². The maximum Gasteiger partial charge on any atom is 0.233 e. The number of anilines is 12. The molecule has 0 spiro atoms. The Morgan fingerprint density at radius 2 is 0.557 bits per heavy atom. The third-order valence-corrected chi connectivity index (χ3v) is 9.02. The van der Waals surface area contributed by atoms with E-state index in [9.17, 15) is 0 Å². The van der Waals surface area contributed by atoms with Crippen LogP contribution in [0.1, 0.15) is 27.8 Å². The van der Waals surface area contributed by atoms with Crippen LogP contribution in [0.5, 0.6) is 5.75 Å². The van der Waals surface area contributed by atoms with Crippen LogP contribution in [-0.4, -0.2) is 37.0 Å². The predicted molar refractivity (Wildman–Crippen MR) is 248 cm³/mol. The van der Waals surface area contributed by atoms with Crippen molar-refractivity contribution in [3.05, 3.63) is 173 Å². The first-order chi connectivity index (χ1) is 29.6. The fourth-order valence-corrected chi connectivity index (χ4v) is 6.06. The molecule has 0 fully saturated rings. The lowest BCUT2D eigenvalue weighted by Gasteiger charge is -2.12. The predicted octanol–water partition coefficient (Wildman–Crippen LogP) is 11.8. The van der Waals surface area contributed by atoms with E-state index in [0.717, 1.165) is 62.1 Å². The summed E-state index contributed by atoms with van der Waals surface area (Å²) >= 11 is 0. The molecule has 2 heterocycles. The number of benzene rings is 6. The minimum atomic E-state index is 0.422. The van der Waals surface area contributed by atoms with Crippen molar-refractivity contribution in [2.45, 2.75) is 34.6 Å². The molecule has 6 aromatic carbocycles. The SMILES string of the molecule is COc1ccc(Nc2nc(Nc3cccc(C)c3)nc(Nc3cccc(C)c3)n2)cc1.Cc1ccc(Nc2nc(Nc3cccc(C)c3)nc(Nc3cccc(C)c3)n2)cc1. The Labute approximate surface area is 356 Å². The van der Waals surface area contributed by atoms with Gasteiger partial charge in [0, 0.05) is 34.1 Å². The van der Waals surface area contributed by atoms with Crippen LogP contribution in [0.3, 0.4) is 0 Å². The van der Waals surface area contributed by atoms with Gasteiger partial charge in [-0.2, -0.15) is 29.9 Å². The molecule has 0 aliphatic heterocycles. The zero-order valence-corrected chi connectivity index (χ0v) is 34.9. The number of nitrogens with zero attached hydrogens (tertiary/aromatic N) is 6. The molecule has 61 heavy (non-hydrogen) atoms. The Morgan fingerprint density at radius 3 is 0.820 bits per heavy atom. The lowest BCUT2D eigenvalue weighted by Crippen LogP contribution is -2.07. The molecule has 8 aromatic rings. The Kier molecular flexibility index (Phi) is 13.2. The largest absolute Gasteiger partial charge is 0.497 e. The van der Waals surface area contributed by atoms with Gasteiger partial charge in [0.25, 0.3) is 0 Å². The summed E-state index contributed by atoms with van der Waals surface area (Å²) in [6.45, 7) is 10.2. The van der Waals surface area contributed by atoms with E-state index in [1.54, 1.807) is 7.11 Å². The third kappa shape index (κ3) is 12.5. The van der Waals surface area contributed by atoms with Gasteiger partial charge in [0.05, 0.1) is 7.11 Å². The molecule has 0 radical (unpaired) electrons. The topological polar surface area (TPSA) is 159 Å². The van der Waals surface area contributed by atoms with E-state index < -0.39 is 0 Å². The van der Waals surface area contributed by atoms with Crippen LogP contribution in [0.25, 0.3) is 0 Å². The molecule has 0 amide bonds. The number of ether oxygens (including phenoxy) is 1. The summed E-state index contributed by atoms with van der Waals surface area (Å²) in [5, 5.41) is 19.6. The summed E-state index contributed by atoms with van der Waals surface area (Å²) in [6.07, 6.45) is 0. The highest BCUT2D eigenvalue weighted by molar-refractivity contribution is 5.64. The molecule has 8 rings (SSSR count). The van der Waals surface area contributed by atoms with Crippen molar-refractivity contribution >= 4 is 69.8 Å². The van der Waals surface area contributed by atoms with E-state index in [4.69, 9.17) is 4.74 Å². The van der Waals surface area contributed by atoms with Crippen molar-refractivity contribution in [3.63, 3.8) is 0 Å². The van der Waals surface area contributed by atoms with Crippen molar-refractivity contribution in [2.75, 3.05) is 39.0 Å². The first-order valence-corrected chi connectivity index (χ1v) is 19.7. The molecule has 13 heteroatoms. The number of aromatic nitrogens is 6. The highest BCUT2D eigenvalue weighted by atomic mass is 16.5. The average Bonchev–Trinajstić information content (AvgIpc) is 3.22. The zero-order valence-electron chi connectivity index (χ0n) is 34.9. The third-order valence-electron chi connectivity index (χ3n) is 9.02. The minimum Gasteiger partial charge on any atom is -0.497 e. The Bertz CT molecular complexity index is 2570. The fraction of sp³-hybridized carbons (Fsp3) is 0.125. The number of hydrogen-bond acceptors (Lipinski definition) is 13. The molecule has 0 saturated heterocycles. The van der Waals surface area contributed by atoms with Gasteiger partial charge in [0.2, 0.25) is 35.7 Å². The van der Waals surface area contributed by atoms with E-state index in [1.165, 1.54) is 5.56 Å². The maximum atomic E-state index is 5.22. The van der Waals surface area contributed by atoms with Crippen molar-refractivity contribution < 1.29 is 4.74 Å². The molecule has 0 saturated carbocycles. The van der Waals surface area contributed by atoms with E-state index in [2.05, 4.69) is 68.7 Å². The lowest BCUT2D eigenvalue weighted by atomic mass is 10.2. The Hall–Kier alpha value is -8.06. The molecule has 0 unspecified atom stereocenters. The minimum absolute atomic E-state index is 0.422. The number of hydrogen-bond donors (Lipinski definition) is 6. The highest BCUT2D eigenvalue weighted by Crippen LogP contribution is 2.25. The van der Waals surface area contributed by atoms with Crippen molar-refractivity contribution in [2.24, 2.45) is 0 Å². The summed E-state index contributed by atoms with van der Waals surface area (Å²) < 4.78 is 5.22. The average molecular weight is 809 g/mol. The lowest BCUT2D eigenvalue weighted by molar-refractivity contribution is 0.415. The van der Waals surface area contributed by atoms with E-state index in [1.807, 2.05) is 173 Å². The number of rotatable bonds is 13. The molecular weight excluding hydrogens is 761 g/mol. The zero-order chi connectivity index (χ0) is 42.6. The summed E-state index contributed by atoms with van der Waals surface area (Å²) in [5.41, 5.74) is 11.2. The van der Waals surface area contributed by atoms with E-state index in [0.29, 0.717) is 35.7 Å². The van der Waals surface area contributed by atoms with Crippen LogP contribution < -0.4 is 36.6 Å². The Balaban J connectivity index is 0.000000184. The summed E-state index contributed by atoms with van der Waals surface area (Å²) in [7, 11) is 1.64. The van der Waals surface area contributed by atoms with Crippen LogP contribution in [0.15, 0.2) is 146 Å². The first kappa shape index (κ1) is 41.1. The van der Waals surface area contributed by atoms with Gasteiger partial charge in [0.15, 0.2) is 0 Å². The quantitative estimate of drug-likeness (QED) is 0.0654. The molecule has 2 aromatic heterocycles. The van der Waals surface area contributed by atoms with Crippen LogP contribution in [-0.2, 0) is 0 Å². The van der Waals surface area contributed by atoms with Gasteiger partial charge >= 0.3 is 0 Å². The van der Waals surface area contributed by atoms with Gasteiger partial charge in [-0.1, -0.05) is 66.2 Å². The summed E-state index contributed by atoms with van der Waals surface area (Å²) in [6, 6.07) is 47.9. The van der Waals surface area contributed by atoms with Crippen LogP contribution in [0, 0.1) is 34.6 Å². The van der Waals surface area contributed by atoms with Crippen molar-refractivity contribution in [1.82, 2.24) is 29.9 Å². The van der Waals surface area contributed by atoms with E-state index >= 15 is 0 Å². The number of aryl methyl sites for hydroxylation is 5. The molecule has 0 bridgehead atoms. The molecule has 0 aliphatic rings. The number of methoxy groups -OCH3 is 1. The van der Waals surface area contributed by atoms with Gasteiger partial charge in [-0.3, -0.25) is 0 Å². The smallest absolute Gasteiger partial charge is 0.233 e. The van der Waals surface area contributed by atoms with Crippen molar-refractivity contribution in [3.8, 4) is 5.75 Å².